The average Bonchev–Trinajstić information content (AvgIpc) is 3.28. The number of hydrogen-bond acceptors (Lipinski definition) is 31. The Morgan fingerprint density at radius 1 is 0.299 bits per heavy atom. The standard InChI is InChI=1S/C46H65NO30/c1-19(48)60-13-31-34(66-22(4)51)37(69-25(7)54)40(72-28(10)57)43(75-31)63-16-46(47,17-64-44-41(73-29(11)58)38(70-26(8)55)35(67-23(5)52)32(76-44)14-61-20(2)49)18-65-45-42(74-30(12)59)39(71-27(9)56)36(68-24(6)53)33(77-45)15-62-21(3)50/h31-45H,13-18,47H2,1-12H3/t31-,32-,33-,34-,35-,36-,37+,38+,39+,40-,41-,42-,43-,44-,45-/m1/s1. The number of hydrogen-bond donors (Lipinski definition) is 1. The second-order valence-corrected chi connectivity index (χ2v) is 17.5. The highest BCUT2D eigenvalue weighted by Gasteiger charge is 2.57. The van der Waals surface area contributed by atoms with E-state index in [2.05, 4.69) is 0 Å². The molecule has 2 N–H and O–H groups in total. The minimum Gasteiger partial charge on any atom is -0.463 e. The maximum absolute atomic E-state index is 12.7. The minimum atomic E-state index is -2.25. The van der Waals surface area contributed by atoms with Crippen LogP contribution in [-0.4, -0.2) is 209 Å². The van der Waals surface area contributed by atoms with E-state index in [4.69, 9.17) is 91.0 Å². The molecule has 0 bridgehead atoms. The van der Waals surface area contributed by atoms with E-state index in [0.29, 0.717) is 0 Å². The minimum absolute atomic E-state index is 0.677. The van der Waals surface area contributed by atoms with E-state index in [1.54, 1.807) is 0 Å². The summed E-state index contributed by atoms with van der Waals surface area (Å²) in [6.07, 6.45) is -25.9. The first-order valence-electron chi connectivity index (χ1n) is 23.4. The fourth-order valence-corrected chi connectivity index (χ4v) is 7.84. The third kappa shape index (κ3) is 21.0. The van der Waals surface area contributed by atoms with Crippen molar-refractivity contribution in [3.05, 3.63) is 0 Å². The molecule has 0 aromatic heterocycles. The maximum Gasteiger partial charge on any atom is 0.303 e. The lowest BCUT2D eigenvalue weighted by atomic mass is 9.97. The van der Waals surface area contributed by atoms with Gasteiger partial charge in [0.2, 0.25) is 0 Å². The molecule has 0 radical (unpaired) electrons. The smallest absolute Gasteiger partial charge is 0.303 e. The molecule has 31 nitrogen and oxygen atoms in total. The van der Waals surface area contributed by atoms with Gasteiger partial charge in [-0.05, 0) is 0 Å². The van der Waals surface area contributed by atoms with E-state index in [9.17, 15) is 57.5 Å². The third-order valence-electron chi connectivity index (χ3n) is 10.4. The van der Waals surface area contributed by atoms with E-state index in [0.717, 1.165) is 83.1 Å². The second kappa shape index (κ2) is 29.8. The van der Waals surface area contributed by atoms with Crippen molar-refractivity contribution in [1.82, 2.24) is 0 Å². The summed E-state index contributed by atoms with van der Waals surface area (Å²) < 4.78 is 102. The zero-order chi connectivity index (χ0) is 58.1. The van der Waals surface area contributed by atoms with Crippen LogP contribution in [0.5, 0.6) is 0 Å². The molecule has 31 heteroatoms. The Morgan fingerprint density at radius 3 is 0.662 bits per heavy atom. The number of carbonyl (C=O) groups is 12. The summed E-state index contributed by atoms with van der Waals surface area (Å²) in [5, 5.41) is 0. The Bertz CT molecular complexity index is 1920. The van der Waals surface area contributed by atoms with Crippen molar-refractivity contribution in [2.45, 2.75) is 181 Å². The molecule has 15 atom stereocenters. The van der Waals surface area contributed by atoms with Gasteiger partial charge in [0.05, 0.1) is 25.4 Å². The lowest BCUT2D eigenvalue weighted by molar-refractivity contribution is -0.327. The van der Waals surface area contributed by atoms with Crippen LogP contribution in [0.25, 0.3) is 0 Å². The summed E-state index contributed by atoms with van der Waals surface area (Å²) >= 11 is 0. The van der Waals surface area contributed by atoms with Gasteiger partial charge < -0.3 is 91.0 Å². The van der Waals surface area contributed by atoms with Gasteiger partial charge in [-0.25, -0.2) is 0 Å². The molecule has 0 aliphatic carbocycles. The lowest BCUT2D eigenvalue weighted by Crippen LogP contribution is -2.66. The summed E-state index contributed by atoms with van der Waals surface area (Å²) in [4.78, 5) is 149. The Morgan fingerprint density at radius 2 is 0.481 bits per heavy atom. The van der Waals surface area contributed by atoms with Gasteiger partial charge in [0, 0.05) is 83.1 Å². The number of rotatable bonds is 24. The van der Waals surface area contributed by atoms with Crippen LogP contribution in [0, 0.1) is 0 Å². The molecule has 3 fully saturated rings. The molecule has 0 amide bonds. The molecule has 3 rings (SSSR count). The zero-order valence-electron chi connectivity index (χ0n) is 44.2. The van der Waals surface area contributed by atoms with Gasteiger partial charge in [-0.15, -0.1) is 0 Å². The Hall–Kier alpha value is -6.64. The van der Waals surface area contributed by atoms with Crippen molar-refractivity contribution in [3.63, 3.8) is 0 Å². The first-order chi connectivity index (χ1) is 35.9. The van der Waals surface area contributed by atoms with Crippen molar-refractivity contribution in [2.24, 2.45) is 5.73 Å². The summed E-state index contributed by atoms with van der Waals surface area (Å²) in [6, 6.07) is 0. The van der Waals surface area contributed by atoms with Gasteiger partial charge >= 0.3 is 71.6 Å². The average molecular weight is 1110 g/mol. The van der Waals surface area contributed by atoms with E-state index < -0.39 is 209 Å². The fraction of sp³-hybridized carbons (Fsp3) is 0.739. The molecule has 434 valence electrons. The molecule has 3 aliphatic rings. The molecule has 0 aromatic rings. The van der Waals surface area contributed by atoms with Gasteiger partial charge in [0.15, 0.2) is 73.8 Å². The summed E-state index contributed by atoms with van der Waals surface area (Å²) in [6.45, 7) is 7.10. The Labute approximate surface area is 439 Å². The molecule has 3 aliphatic heterocycles. The predicted molar refractivity (Wildman–Crippen MR) is 241 cm³/mol. The van der Waals surface area contributed by atoms with E-state index in [-0.39, 0.29) is 0 Å². The Kier molecular flexibility index (Phi) is 25.0. The quantitative estimate of drug-likeness (QED) is 0.0805. The van der Waals surface area contributed by atoms with Crippen LogP contribution in [0.2, 0.25) is 0 Å². The van der Waals surface area contributed by atoms with Gasteiger partial charge in [-0.3, -0.25) is 57.5 Å². The lowest BCUT2D eigenvalue weighted by Gasteiger charge is -2.46. The number of ether oxygens (including phenoxy) is 18. The zero-order valence-corrected chi connectivity index (χ0v) is 44.2. The molecular formula is C46H65NO30. The van der Waals surface area contributed by atoms with Crippen LogP contribution >= 0.6 is 0 Å². The van der Waals surface area contributed by atoms with Crippen LogP contribution in [0.1, 0.15) is 83.1 Å². The van der Waals surface area contributed by atoms with E-state index in [1.807, 2.05) is 0 Å². The van der Waals surface area contributed by atoms with E-state index in [1.165, 1.54) is 0 Å². The molecular weight excluding hydrogens is 1050 g/mol. The molecule has 0 unspecified atom stereocenters. The molecule has 0 spiro atoms. The molecule has 3 heterocycles. The van der Waals surface area contributed by atoms with Gasteiger partial charge in [-0.1, -0.05) is 0 Å². The third-order valence-corrected chi connectivity index (χ3v) is 10.4. The second-order valence-electron chi connectivity index (χ2n) is 17.5. The predicted octanol–water partition coefficient (Wildman–Crippen LogP) is -2.02. The molecule has 0 saturated carbocycles. The van der Waals surface area contributed by atoms with Gasteiger partial charge in [0.1, 0.15) is 38.1 Å². The van der Waals surface area contributed by atoms with Crippen LogP contribution in [0.3, 0.4) is 0 Å². The normalized spacial score (nSPS) is 28.9. The van der Waals surface area contributed by atoms with Crippen molar-refractivity contribution >= 4 is 71.6 Å². The molecule has 77 heavy (non-hydrogen) atoms. The van der Waals surface area contributed by atoms with Crippen LogP contribution in [0.15, 0.2) is 0 Å². The monoisotopic (exact) mass is 1110 g/mol. The number of nitrogens with two attached hydrogens (primary N) is 1. The molecule has 0 aromatic carbocycles. The first-order valence-corrected chi connectivity index (χ1v) is 23.4. The van der Waals surface area contributed by atoms with Crippen LogP contribution < -0.4 is 5.73 Å². The summed E-state index contributed by atoms with van der Waals surface area (Å²) in [5.74, 6) is -11.3. The maximum atomic E-state index is 12.7. The number of esters is 12. The van der Waals surface area contributed by atoms with Gasteiger partial charge in [-0.2, -0.15) is 0 Å². The van der Waals surface area contributed by atoms with Crippen molar-refractivity contribution in [2.75, 3.05) is 39.6 Å². The topological polar surface area (TPSA) is 397 Å². The molecule has 3 saturated heterocycles. The fourth-order valence-electron chi connectivity index (χ4n) is 7.84. The van der Waals surface area contributed by atoms with E-state index >= 15 is 0 Å². The van der Waals surface area contributed by atoms with Crippen molar-refractivity contribution in [3.8, 4) is 0 Å². The first kappa shape index (κ1) is 64.6. The van der Waals surface area contributed by atoms with Crippen LogP contribution in [0.4, 0.5) is 0 Å². The highest BCUT2D eigenvalue weighted by molar-refractivity contribution is 5.71. The van der Waals surface area contributed by atoms with Crippen molar-refractivity contribution in [1.29, 1.82) is 0 Å². The summed E-state index contributed by atoms with van der Waals surface area (Å²) in [7, 11) is 0. The Balaban J connectivity index is 2.28. The van der Waals surface area contributed by atoms with Gasteiger partial charge in [0.25, 0.3) is 0 Å². The van der Waals surface area contributed by atoms with Crippen molar-refractivity contribution < 1.29 is 143 Å². The number of carbonyl (C=O) groups excluding carboxylic acids is 12. The largest absolute Gasteiger partial charge is 0.463 e. The SMILES string of the molecule is CC(=O)OC[C@H]1O[C@@H](OCC(N)(CO[C@@H]2O[C@H](COC(C)=O)[C@@H](OC(C)=O)[C@H](OC(C)=O)[C@H]2OC(C)=O)CO[C@@H]2O[C@H](COC(C)=O)[C@@H](OC(C)=O)[C@H](OC(C)=O)[C@H]2OC(C)=O)[C@H](OC(C)=O)[C@@H](OC(C)=O)[C@@H]1OC(C)=O. The highest BCUT2D eigenvalue weighted by Crippen LogP contribution is 2.34. The summed E-state index contributed by atoms with van der Waals surface area (Å²) in [5.41, 5.74) is 4.82. The highest BCUT2D eigenvalue weighted by atomic mass is 16.8. The van der Waals surface area contributed by atoms with Crippen LogP contribution in [-0.2, 0) is 143 Å².